The first kappa shape index (κ1) is 16.1. The molecule has 0 saturated heterocycles. The maximum Gasteiger partial charge on any atom is 0.307 e. The predicted octanol–water partition coefficient (Wildman–Crippen LogP) is 2.28. The summed E-state index contributed by atoms with van der Waals surface area (Å²) in [5.74, 6) is -1.85. The Labute approximate surface area is 112 Å². The van der Waals surface area contributed by atoms with Gasteiger partial charge in [0.2, 0.25) is 0 Å². The molecule has 0 amide bonds. The highest BCUT2D eigenvalue weighted by Gasteiger charge is 2.20. The molecule has 0 aliphatic rings. The van der Waals surface area contributed by atoms with E-state index in [4.69, 9.17) is 5.73 Å². The van der Waals surface area contributed by atoms with Gasteiger partial charge < -0.3 is 15.6 Å². The molecule has 96 valence electrons. The first-order chi connectivity index (χ1) is 7.47. The first-order valence-electron chi connectivity index (χ1n) is 4.46. The highest BCUT2D eigenvalue weighted by molar-refractivity contribution is 9.10. The van der Waals surface area contributed by atoms with Crippen LogP contribution in [0.2, 0.25) is 0 Å². The molecule has 0 spiro atoms. The number of esters is 1. The molecule has 0 aliphatic heterocycles. The Bertz CT molecular complexity index is 417. The largest absolute Gasteiger partial charge is 0.505 e. The molecule has 0 radical (unpaired) electrons. The third kappa shape index (κ3) is 3.83. The van der Waals surface area contributed by atoms with E-state index in [1.54, 1.807) is 0 Å². The molecule has 1 aromatic carbocycles. The summed E-state index contributed by atoms with van der Waals surface area (Å²) >= 11 is 3.13. The Morgan fingerprint density at radius 3 is 2.76 bits per heavy atom. The Balaban J connectivity index is 0.00000256. The number of carbonyl (C=O) groups is 1. The molecule has 0 saturated carbocycles. The standard InChI is InChI=1S/C10H11BrFNO3.ClH/c1-16-8(14)4-7(13)9-5(11)2-3-6(12)10(9)15;/h2-3,7,15H,4,13H2,1H3;1H/t7-;/m1./s1. The lowest BCUT2D eigenvalue weighted by molar-refractivity contribution is -0.141. The number of hydrogen-bond donors (Lipinski definition) is 2. The quantitative estimate of drug-likeness (QED) is 0.835. The van der Waals surface area contributed by atoms with Crippen molar-refractivity contribution in [3.8, 4) is 5.75 Å². The van der Waals surface area contributed by atoms with Crippen LogP contribution in [0.3, 0.4) is 0 Å². The van der Waals surface area contributed by atoms with E-state index in [0.29, 0.717) is 4.47 Å². The number of aromatic hydroxyl groups is 1. The molecule has 0 aromatic heterocycles. The summed E-state index contributed by atoms with van der Waals surface area (Å²) in [6.07, 6.45) is -0.133. The molecule has 0 aliphatic carbocycles. The van der Waals surface area contributed by atoms with Gasteiger partial charge in [0.1, 0.15) is 0 Å². The Hall–Kier alpha value is -0.850. The molecule has 7 heteroatoms. The van der Waals surface area contributed by atoms with Crippen molar-refractivity contribution in [2.45, 2.75) is 12.5 Å². The lowest BCUT2D eigenvalue weighted by Gasteiger charge is -2.14. The third-order valence-corrected chi connectivity index (χ3v) is 2.79. The molecule has 1 aromatic rings. The van der Waals surface area contributed by atoms with Crippen LogP contribution in [0, 0.1) is 5.82 Å². The van der Waals surface area contributed by atoms with Crippen LogP contribution in [0.5, 0.6) is 5.75 Å². The van der Waals surface area contributed by atoms with E-state index in [1.165, 1.54) is 13.2 Å². The zero-order valence-corrected chi connectivity index (χ0v) is 11.3. The lowest BCUT2D eigenvalue weighted by Crippen LogP contribution is -2.17. The SMILES string of the molecule is COC(=O)C[C@@H](N)c1c(Br)ccc(F)c1O.Cl. The van der Waals surface area contributed by atoms with Crippen LogP contribution in [0.25, 0.3) is 0 Å². The molecular weight excluding hydrogens is 316 g/mol. The number of halogens is 3. The number of phenolic OH excluding ortho intramolecular Hbond substituents is 1. The smallest absolute Gasteiger partial charge is 0.307 e. The van der Waals surface area contributed by atoms with Crippen LogP contribution in [0.4, 0.5) is 4.39 Å². The van der Waals surface area contributed by atoms with E-state index in [0.717, 1.165) is 6.07 Å². The van der Waals surface area contributed by atoms with Crippen LogP contribution in [0.1, 0.15) is 18.0 Å². The number of benzene rings is 1. The summed E-state index contributed by atoms with van der Waals surface area (Å²) in [6.45, 7) is 0. The lowest BCUT2D eigenvalue weighted by atomic mass is 10.0. The molecule has 0 unspecified atom stereocenters. The second-order valence-corrected chi connectivity index (χ2v) is 4.03. The summed E-state index contributed by atoms with van der Waals surface area (Å²) in [7, 11) is 1.23. The molecule has 1 atom stereocenters. The highest BCUT2D eigenvalue weighted by atomic mass is 79.9. The number of phenols is 1. The minimum Gasteiger partial charge on any atom is -0.505 e. The van der Waals surface area contributed by atoms with Crippen molar-refractivity contribution in [2.24, 2.45) is 5.73 Å². The third-order valence-electron chi connectivity index (χ3n) is 2.10. The summed E-state index contributed by atoms with van der Waals surface area (Å²) in [5, 5.41) is 9.50. The number of rotatable bonds is 3. The van der Waals surface area contributed by atoms with Gasteiger partial charge in [0.05, 0.1) is 13.5 Å². The number of ether oxygens (including phenoxy) is 1. The Kier molecular flexibility index (Phi) is 6.44. The van der Waals surface area contributed by atoms with E-state index in [2.05, 4.69) is 20.7 Å². The molecule has 0 heterocycles. The van der Waals surface area contributed by atoms with E-state index < -0.39 is 23.6 Å². The minimum atomic E-state index is -0.822. The zero-order valence-electron chi connectivity index (χ0n) is 8.94. The van der Waals surface area contributed by atoms with E-state index in [1.807, 2.05) is 0 Å². The maximum absolute atomic E-state index is 13.1. The van der Waals surface area contributed by atoms with Crippen LogP contribution < -0.4 is 5.73 Å². The van der Waals surface area contributed by atoms with Gasteiger partial charge >= 0.3 is 5.97 Å². The van der Waals surface area contributed by atoms with Crippen LogP contribution in [-0.4, -0.2) is 18.2 Å². The Morgan fingerprint density at radius 2 is 2.24 bits per heavy atom. The first-order valence-corrected chi connectivity index (χ1v) is 5.26. The maximum atomic E-state index is 13.1. The van der Waals surface area contributed by atoms with Crippen molar-refractivity contribution in [3.63, 3.8) is 0 Å². The van der Waals surface area contributed by atoms with E-state index >= 15 is 0 Å². The summed E-state index contributed by atoms with van der Waals surface area (Å²) in [4.78, 5) is 11.0. The number of nitrogens with two attached hydrogens (primary N) is 1. The van der Waals surface area contributed by atoms with Crippen LogP contribution in [-0.2, 0) is 9.53 Å². The van der Waals surface area contributed by atoms with Crippen molar-refractivity contribution in [1.29, 1.82) is 0 Å². The van der Waals surface area contributed by atoms with Gasteiger partial charge in [0, 0.05) is 16.1 Å². The average Bonchev–Trinajstić information content (AvgIpc) is 2.24. The summed E-state index contributed by atoms with van der Waals surface area (Å²) in [6, 6.07) is 1.70. The second kappa shape index (κ2) is 6.78. The van der Waals surface area contributed by atoms with Crippen LogP contribution in [0.15, 0.2) is 16.6 Å². The van der Waals surface area contributed by atoms with Crippen LogP contribution >= 0.6 is 28.3 Å². The van der Waals surface area contributed by atoms with Crippen molar-refractivity contribution < 1.29 is 19.0 Å². The van der Waals surface area contributed by atoms with Crippen molar-refractivity contribution in [1.82, 2.24) is 0 Å². The van der Waals surface area contributed by atoms with Gasteiger partial charge in [-0.05, 0) is 12.1 Å². The predicted molar refractivity (Wildman–Crippen MR) is 66.6 cm³/mol. The average molecular weight is 329 g/mol. The zero-order chi connectivity index (χ0) is 12.3. The normalized spacial score (nSPS) is 11.5. The van der Waals surface area contributed by atoms with Crippen molar-refractivity contribution in [2.75, 3.05) is 7.11 Å². The number of hydrogen-bond acceptors (Lipinski definition) is 4. The fourth-order valence-electron chi connectivity index (χ4n) is 1.27. The van der Waals surface area contributed by atoms with E-state index in [9.17, 15) is 14.3 Å². The van der Waals surface area contributed by atoms with Gasteiger partial charge in [-0.3, -0.25) is 4.79 Å². The van der Waals surface area contributed by atoms with Gasteiger partial charge in [-0.1, -0.05) is 15.9 Å². The van der Waals surface area contributed by atoms with Crippen molar-refractivity contribution >= 4 is 34.3 Å². The molecular formula is C10H12BrClFNO3. The molecule has 3 N–H and O–H groups in total. The second-order valence-electron chi connectivity index (χ2n) is 3.18. The molecule has 17 heavy (non-hydrogen) atoms. The number of carbonyl (C=O) groups excluding carboxylic acids is 1. The van der Waals surface area contributed by atoms with Gasteiger partial charge in [-0.15, -0.1) is 12.4 Å². The van der Waals surface area contributed by atoms with Crippen molar-refractivity contribution in [3.05, 3.63) is 28.0 Å². The highest BCUT2D eigenvalue weighted by Crippen LogP contribution is 2.34. The topological polar surface area (TPSA) is 72.5 Å². The van der Waals surface area contributed by atoms with Gasteiger partial charge in [0.25, 0.3) is 0 Å². The minimum absolute atomic E-state index is 0. The summed E-state index contributed by atoms with van der Waals surface area (Å²) < 4.78 is 18.0. The fourth-order valence-corrected chi connectivity index (χ4v) is 1.89. The van der Waals surface area contributed by atoms with Gasteiger partial charge in [-0.2, -0.15) is 0 Å². The van der Waals surface area contributed by atoms with E-state index in [-0.39, 0.29) is 24.4 Å². The summed E-state index contributed by atoms with van der Waals surface area (Å²) in [5.41, 5.74) is 5.84. The molecule has 0 fully saturated rings. The Morgan fingerprint density at radius 1 is 1.65 bits per heavy atom. The molecule has 4 nitrogen and oxygen atoms in total. The molecule has 0 bridgehead atoms. The monoisotopic (exact) mass is 327 g/mol. The fraction of sp³-hybridized carbons (Fsp3) is 0.300. The van der Waals surface area contributed by atoms with Gasteiger partial charge in [0.15, 0.2) is 11.6 Å². The van der Waals surface area contributed by atoms with Gasteiger partial charge in [-0.25, -0.2) is 4.39 Å². The molecule has 1 rings (SSSR count). The number of methoxy groups -OCH3 is 1.